The number of thiazole rings is 1. The van der Waals surface area contributed by atoms with Crippen LogP contribution >= 0.6 is 11.3 Å². The third kappa shape index (κ3) is 2.67. The molecule has 0 spiro atoms. The molecule has 0 aliphatic rings. The summed E-state index contributed by atoms with van der Waals surface area (Å²) < 4.78 is 3.45. The maximum Gasteiger partial charge on any atom is 0.242 e. The molecule has 24 heavy (non-hydrogen) atoms. The van der Waals surface area contributed by atoms with E-state index in [1.165, 1.54) is 10.9 Å². The summed E-state index contributed by atoms with van der Waals surface area (Å²) in [6.45, 7) is 0.397. The Morgan fingerprint density at radius 1 is 1.29 bits per heavy atom. The molecule has 7 nitrogen and oxygen atoms in total. The van der Waals surface area contributed by atoms with E-state index < -0.39 is 0 Å². The van der Waals surface area contributed by atoms with E-state index in [-0.39, 0.29) is 17.9 Å². The number of hydrogen-bond donors (Lipinski definition) is 1. The van der Waals surface area contributed by atoms with Crippen molar-refractivity contribution < 1.29 is 4.79 Å². The molecule has 0 bridgehead atoms. The Labute approximate surface area is 140 Å². The van der Waals surface area contributed by atoms with Crippen LogP contribution in [0.25, 0.3) is 15.9 Å². The number of carbonyl (C=O) groups excluding carboxylic acids is 1. The fourth-order valence-corrected chi connectivity index (χ4v) is 3.25. The minimum absolute atomic E-state index is 0.0447. The minimum atomic E-state index is -0.187. The van der Waals surface area contributed by atoms with Crippen molar-refractivity contribution in [3.05, 3.63) is 64.2 Å². The number of hydrogen-bond acceptors (Lipinski definition) is 5. The normalized spacial score (nSPS) is 11.2. The van der Waals surface area contributed by atoms with Crippen LogP contribution in [0.2, 0.25) is 0 Å². The third-order valence-corrected chi connectivity index (χ3v) is 4.44. The van der Waals surface area contributed by atoms with Gasteiger partial charge in [0.1, 0.15) is 6.54 Å². The summed E-state index contributed by atoms with van der Waals surface area (Å²) in [6.07, 6.45) is 5.05. The summed E-state index contributed by atoms with van der Waals surface area (Å²) in [5.41, 5.74) is 1.29. The number of benzene rings is 1. The molecule has 4 rings (SSSR count). The lowest BCUT2D eigenvalue weighted by atomic mass is 10.2. The van der Waals surface area contributed by atoms with Gasteiger partial charge < -0.3 is 5.32 Å². The zero-order chi connectivity index (χ0) is 16.5. The number of amides is 1. The first-order chi connectivity index (χ1) is 11.7. The van der Waals surface area contributed by atoms with Gasteiger partial charge in [-0.25, -0.2) is 4.98 Å². The summed E-state index contributed by atoms with van der Waals surface area (Å²) in [5.74, 6) is -0.187. The lowest BCUT2D eigenvalue weighted by Gasteiger charge is -2.09. The Hall–Kier alpha value is -3.00. The summed E-state index contributed by atoms with van der Waals surface area (Å²) in [6, 6.07) is 7.11. The lowest BCUT2D eigenvalue weighted by molar-refractivity contribution is -0.121. The number of para-hydroxylation sites is 1. The van der Waals surface area contributed by atoms with Crippen LogP contribution in [0.3, 0.4) is 0 Å². The van der Waals surface area contributed by atoms with E-state index in [2.05, 4.69) is 15.4 Å². The Balaban J connectivity index is 1.49. The molecule has 3 heterocycles. The van der Waals surface area contributed by atoms with Crippen molar-refractivity contribution in [3.63, 3.8) is 0 Å². The molecule has 1 N–H and O–H groups in total. The van der Waals surface area contributed by atoms with Gasteiger partial charge >= 0.3 is 0 Å². The zero-order valence-corrected chi connectivity index (χ0v) is 13.4. The number of carbonyl (C=O) groups is 1. The summed E-state index contributed by atoms with van der Waals surface area (Å²) in [5, 5.41) is 9.39. The predicted molar refractivity (Wildman–Crippen MR) is 90.9 cm³/mol. The van der Waals surface area contributed by atoms with E-state index in [1.54, 1.807) is 29.5 Å². The highest BCUT2D eigenvalue weighted by molar-refractivity contribution is 7.15. The number of nitrogens with zero attached hydrogens (tertiary/aromatic N) is 4. The monoisotopic (exact) mass is 339 g/mol. The quantitative estimate of drug-likeness (QED) is 0.610. The highest BCUT2D eigenvalue weighted by Crippen LogP contribution is 2.11. The van der Waals surface area contributed by atoms with Crippen molar-refractivity contribution in [2.75, 3.05) is 0 Å². The van der Waals surface area contributed by atoms with Crippen LogP contribution in [0.5, 0.6) is 0 Å². The van der Waals surface area contributed by atoms with Crippen LogP contribution in [-0.4, -0.2) is 25.1 Å². The second-order valence-electron chi connectivity index (χ2n) is 5.29. The highest BCUT2D eigenvalue weighted by Gasteiger charge is 2.09. The molecular weight excluding hydrogens is 326 g/mol. The molecule has 0 fully saturated rings. The zero-order valence-electron chi connectivity index (χ0n) is 12.5. The fraction of sp³-hybridized carbons (Fsp3) is 0.125. The number of nitrogens with one attached hydrogen (secondary N) is 1. The molecule has 4 aromatic rings. The van der Waals surface area contributed by atoms with Crippen molar-refractivity contribution in [2.24, 2.45) is 0 Å². The molecule has 0 atom stereocenters. The number of fused-ring (bicyclic) bond motifs is 2. The number of imidazole rings is 1. The molecule has 120 valence electrons. The first-order valence-corrected chi connectivity index (χ1v) is 8.21. The minimum Gasteiger partial charge on any atom is -0.349 e. The van der Waals surface area contributed by atoms with Crippen molar-refractivity contribution in [1.82, 2.24) is 24.5 Å². The Morgan fingerprint density at radius 3 is 3.04 bits per heavy atom. The second kappa shape index (κ2) is 5.89. The fourth-order valence-electron chi connectivity index (χ4n) is 2.53. The van der Waals surface area contributed by atoms with E-state index in [0.29, 0.717) is 17.4 Å². The van der Waals surface area contributed by atoms with Gasteiger partial charge in [-0.3, -0.25) is 18.7 Å². The number of rotatable bonds is 4. The van der Waals surface area contributed by atoms with Crippen LogP contribution in [0.15, 0.2) is 53.0 Å². The first kappa shape index (κ1) is 14.6. The molecule has 1 amide bonds. The van der Waals surface area contributed by atoms with E-state index in [9.17, 15) is 9.59 Å². The van der Waals surface area contributed by atoms with Crippen LogP contribution in [-0.2, 0) is 17.9 Å². The molecule has 0 saturated heterocycles. The smallest absolute Gasteiger partial charge is 0.242 e. The van der Waals surface area contributed by atoms with Gasteiger partial charge in [-0.05, 0) is 12.1 Å². The van der Waals surface area contributed by atoms with Gasteiger partial charge in [0.25, 0.3) is 0 Å². The molecule has 0 unspecified atom stereocenters. The topological polar surface area (TPSA) is 81.3 Å². The SMILES string of the molecule is O=C(Cn1ncc(=O)c2ccccc21)NCc1cn2ccsc2n1. The second-order valence-corrected chi connectivity index (χ2v) is 6.16. The van der Waals surface area contributed by atoms with Gasteiger partial charge in [0, 0.05) is 23.2 Å². The van der Waals surface area contributed by atoms with Gasteiger partial charge in [0.05, 0.1) is 24.0 Å². The molecule has 1 aromatic carbocycles. The standard InChI is InChI=1S/C16H13N5O2S/c22-14-8-18-21(13-4-2-1-3-12(13)14)10-15(23)17-7-11-9-20-5-6-24-16(20)19-11/h1-6,8-9H,7,10H2,(H,17,23). The third-order valence-electron chi connectivity index (χ3n) is 3.67. The maximum absolute atomic E-state index is 12.2. The van der Waals surface area contributed by atoms with E-state index >= 15 is 0 Å². The molecule has 8 heteroatoms. The average Bonchev–Trinajstić information content (AvgIpc) is 3.17. The van der Waals surface area contributed by atoms with Crippen molar-refractivity contribution >= 4 is 33.1 Å². The predicted octanol–water partition coefficient (Wildman–Crippen LogP) is 1.42. The molecular formula is C16H13N5O2S. The Bertz CT molecular complexity index is 1070. The Morgan fingerprint density at radius 2 is 2.17 bits per heavy atom. The van der Waals surface area contributed by atoms with Gasteiger partial charge in [-0.1, -0.05) is 12.1 Å². The Kier molecular flexibility index (Phi) is 3.58. The molecule has 0 radical (unpaired) electrons. The summed E-state index contributed by atoms with van der Waals surface area (Å²) >= 11 is 1.54. The van der Waals surface area contributed by atoms with Crippen LogP contribution in [0.4, 0.5) is 0 Å². The molecule has 0 aliphatic heterocycles. The first-order valence-electron chi connectivity index (χ1n) is 7.33. The largest absolute Gasteiger partial charge is 0.349 e. The van der Waals surface area contributed by atoms with Crippen LogP contribution < -0.4 is 10.7 Å². The van der Waals surface area contributed by atoms with Crippen LogP contribution in [0.1, 0.15) is 5.69 Å². The van der Waals surface area contributed by atoms with Gasteiger partial charge in [0.2, 0.25) is 11.3 Å². The average molecular weight is 339 g/mol. The molecule has 0 aliphatic carbocycles. The van der Waals surface area contributed by atoms with Crippen LogP contribution in [0, 0.1) is 0 Å². The molecule has 3 aromatic heterocycles. The summed E-state index contributed by atoms with van der Waals surface area (Å²) in [7, 11) is 0. The van der Waals surface area contributed by atoms with Crippen molar-refractivity contribution in [1.29, 1.82) is 0 Å². The molecule has 0 saturated carbocycles. The van der Waals surface area contributed by atoms with Gasteiger partial charge in [-0.15, -0.1) is 11.3 Å². The lowest BCUT2D eigenvalue weighted by Crippen LogP contribution is -2.28. The van der Waals surface area contributed by atoms with E-state index in [0.717, 1.165) is 10.7 Å². The van der Waals surface area contributed by atoms with Crippen molar-refractivity contribution in [3.8, 4) is 0 Å². The maximum atomic E-state index is 12.2. The number of aromatic nitrogens is 4. The van der Waals surface area contributed by atoms with E-state index in [4.69, 9.17) is 0 Å². The highest BCUT2D eigenvalue weighted by atomic mass is 32.1. The van der Waals surface area contributed by atoms with Crippen molar-refractivity contribution in [2.45, 2.75) is 13.1 Å². The van der Waals surface area contributed by atoms with Gasteiger partial charge in [-0.2, -0.15) is 5.10 Å². The summed E-state index contributed by atoms with van der Waals surface area (Å²) in [4.78, 5) is 29.3. The van der Waals surface area contributed by atoms with E-state index in [1.807, 2.05) is 28.2 Å². The van der Waals surface area contributed by atoms with Gasteiger partial charge in [0.15, 0.2) is 4.96 Å².